The number of ether oxygens (including phenoxy) is 1. The number of hydrogen-bond acceptors (Lipinski definition) is 7. The third-order valence-corrected chi connectivity index (χ3v) is 6.47. The van der Waals surface area contributed by atoms with Crippen molar-refractivity contribution in [3.63, 3.8) is 0 Å². The van der Waals surface area contributed by atoms with Gasteiger partial charge in [0.2, 0.25) is 5.78 Å². The first-order valence-electron chi connectivity index (χ1n) is 9.74. The molecular formula is C21H18ClN7O2S. The molecule has 5 aromatic rings. The third kappa shape index (κ3) is 3.51. The zero-order valence-corrected chi connectivity index (χ0v) is 18.8. The lowest BCUT2D eigenvalue weighted by Gasteiger charge is -2.08. The SMILES string of the molecule is Cn1c(COc2ccccc2Cl)nnc1SCc1nnc2n(C)c(=O)c3ccccc3n12. The molecule has 3 heterocycles. The average molecular weight is 468 g/mol. The van der Waals surface area contributed by atoms with Crippen molar-refractivity contribution in [1.29, 1.82) is 0 Å². The van der Waals surface area contributed by atoms with Crippen LogP contribution in [0.3, 0.4) is 0 Å². The molecule has 5 rings (SSSR count). The van der Waals surface area contributed by atoms with Gasteiger partial charge < -0.3 is 9.30 Å². The van der Waals surface area contributed by atoms with Crippen LogP contribution in [0.4, 0.5) is 0 Å². The number of aromatic nitrogens is 7. The predicted octanol–water partition coefficient (Wildman–Crippen LogP) is 3.23. The molecule has 0 amide bonds. The van der Waals surface area contributed by atoms with Crippen molar-refractivity contribution in [2.24, 2.45) is 14.1 Å². The first kappa shape index (κ1) is 20.5. The Labute approximate surface area is 191 Å². The van der Waals surface area contributed by atoms with Gasteiger partial charge in [0.25, 0.3) is 5.56 Å². The van der Waals surface area contributed by atoms with Gasteiger partial charge in [0.05, 0.1) is 21.7 Å². The second-order valence-corrected chi connectivity index (χ2v) is 8.45. The van der Waals surface area contributed by atoms with E-state index in [1.165, 1.54) is 16.3 Å². The Hall–Kier alpha value is -3.37. The lowest BCUT2D eigenvalue weighted by atomic mass is 10.2. The van der Waals surface area contributed by atoms with Crippen LogP contribution in [0.15, 0.2) is 58.5 Å². The molecule has 0 radical (unpaired) electrons. The van der Waals surface area contributed by atoms with Crippen LogP contribution >= 0.6 is 23.4 Å². The Morgan fingerprint density at radius 2 is 1.69 bits per heavy atom. The molecule has 0 aliphatic carbocycles. The quantitative estimate of drug-likeness (QED) is 0.354. The summed E-state index contributed by atoms with van der Waals surface area (Å²) in [4.78, 5) is 12.6. The molecule has 3 aromatic heterocycles. The molecule has 11 heteroatoms. The van der Waals surface area contributed by atoms with Crippen LogP contribution in [0, 0.1) is 0 Å². The van der Waals surface area contributed by atoms with Crippen LogP contribution in [0.5, 0.6) is 5.75 Å². The van der Waals surface area contributed by atoms with Gasteiger partial charge in [-0.3, -0.25) is 13.8 Å². The molecule has 32 heavy (non-hydrogen) atoms. The molecular weight excluding hydrogens is 450 g/mol. The molecule has 0 aliphatic heterocycles. The number of fused-ring (bicyclic) bond motifs is 3. The van der Waals surface area contributed by atoms with Crippen molar-refractivity contribution in [3.05, 3.63) is 75.6 Å². The summed E-state index contributed by atoms with van der Waals surface area (Å²) in [6.45, 7) is 0.244. The summed E-state index contributed by atoms with van der Waals surface area (Å²) in [6, 6.07) is 14.7. The van der Waals surface area contributed by atoms with Crippen LogP contribution in [-0.4, -0.2) is 33.9 Å². The number of nitrogens with zero attached hydrogens (tertiary/aromatic N) is 7. The molecule has 0 unspecified atom stereocenters. The van der Waals surface area contributed by atoms with E-state index in [-0.39, 0.29) is 12.2 Å². The number of hydrogen-bond donors (Lipinski definition) is 0. The van der Waals surface area contributed by atoms with Gasteiger partial charge in [-0.15, -0.1) is 20.4 Å². The van der Waals surface area contributed by atoms with E-state index in [0.717, 1.165) is 5.52 Å². The molecule has 0 aliphatic rings. The van der Waals surface area contributed by atoms with Crippen LogP contribution in [0.2, 0.25) is 5.02 Å². The minimum atomic E-state index is -0.101. The van der Waals surface area contributed by atoms with Crippen molar-refractivity contribution in [3.8, 4) is 5.75 Å². The fourth-order valence-corrected chi connectivity index (χ4v) is 4.45. The Morgan fingerprint density at radius 3 is 2.53 bits per heavy atom. The summed E-state index contributed by atoms with van der Waals surface area (Å²) >= 11 is 7.62. The number of rotatable bonds is 6. The smallest absolute Gasteiger partial charge is 0.262 e. The van der Waals surface area contributed by atoms with Crippen molar-refractivity contribution in [1.82, 2.24) is 33.9 Å². The average Bonchev–Trinajstić information content (AvgIpc) is 3.39. The molecule has 0 fully saturated rings. The van der Waals surface area contributed by atoms with Crippen LogP contribution in [-0.2, 0) is 26.5 Å². The van der Waals surface area contributed by atoms with E-state index in [2.05, 4.69) is 20.4 Å². The Balaban J connectivity index is 1.39. The van der Waals surface area contributed by atoms with Crippen molar-refractivity contribution >= 4 is 40.0 Å². The number of thioether (sulfide) groups is 1. The predicted molar refractivity (Wildman–Crippen MR) is 122 cm³/mol. The minimum absolute atomic E-state index is 0.101. The summed E-state index contributed by atoms with van der Waals surface area (Å²) in [5.74, 6) is 2.98. The lowest BCUT2D eigenvalue weighted by Crippen LogP contribution is -2.20. The molecule has 9 nitrogen and oxygen atoms in total. The maximum atomic E-state index is 12.6. The highest BCUT2D eigenvalue weighted by Crippen LogP contribution is 2.25. The van der Waals surface area contributed by atoms with Gasteiger partial charge in [0.15, 0.2) is 11.0 Å². The van der Waals surface area contributed by atoms with Crippen molar-refractivity contribution in [2.45, 2.75) is 17.5 Å². The van der Waals surface area contributed by atoms with E-state index in [4.69, 9.17) is 16.3 Å². The zero-order valence-electron chi connectivity index (χ0n) is 17.3. The number of halogens is 1. The summed E-state index contributed by atoms with van der Waals surface area (Å²) in [7, 11) is 3.58. The zero-order chi connectivity index (χ0) is 22.2. The van der Waals surface area contributed by atoms with Crippen molar-refractivity contribution in [2.75, 3.05) is 0 Å². The first-order valence-corrected chi connectivity index (χ1v) is 11.1. The van der Waals surface area contributed by atoms with Gasteiger partial charge in [-0.2, -0.15) is 0 Å². The summed E-state index contributed by atoms with van der Waals surface area (Å²) in [5.41, 5.74) is 0.675. The van der Waals surface area contributed by atoms with Crippen LogP contribution in [0.1, 0.15) is 11.6 Å². The maximum absolute atomic E-state index is 12.6. The van der Waals surface area contributed by atoms with Gasteiger partial charge in [0.1, 0.15) is 18.2 Å². The van der Waals surface area contributed by atoms with E-state index in [1.54, 1.807) is 13.1 Å². The van der Waals surface area contributed by atoms with E-state index in [0.29, 0.717) is 44.5 Å². The largest absolute Gasteiger partial charge is 0.484 e. The number of aryl methyl sites for hydroxylation is 1. The van der Waals surface area contributed by atoms with Gasteiger partial charge in [-0.1, -0.05) is 47.6 Å². The highest BCUT2D eigenvalue weighted by Gasteiger charge is 2.16. The van der Waals surface area contributed by atoms with E-state index >= 15 is 0 Å². The fraction of sp³-hybridized carbons (Fsp3) is 0.190. The molecule has 0 spiro atoms. The number of para-hydroxylation sites is 2. The van der Waals surface area contributed by atoms with Crippen molar-refractivity contribution < 1.29 is 4.74 Å². The molecule has 0 N–H and O–H groups in total. The van der Waals surface area contributed by atoms with Gasteiger partial charge >= 0.3 is 0 Å². The molecule has 162 valence electrons. The molecule has 2 aromatic carbocycles. The third-order valence-electron chi connectivity index (χ3n) is 5.14. The summed E-state index contributed by atoms with van der Waals surface area (Å²) < 4.78 is 11.1. The van der Waals surface area contributed by atoms with E-state index in [9.17, 15) is 4.79 Å². The van der Waals surface area contributed by atoms with Gasteiger partial charge in [-0.05, 0) is 24.3 Å². The molecule has 0 saturated heterocycles. The molecule has 0 bridgehead atoms. The first-order chi connectivity index (χ1) is 15.5. The van der Waals surface area contributed by atoms with Gasteiger partial charge in [-0.25, -0.2) is 0 Å². The molecule has 0 atom stereocenters. The lowest BCUT2D eigenvalue weighted by molar-refractivity contribution is 0.290. The van der Waals surface area contributed by atoms with E-state index in [1.807, 2.05) is 58.5 Å². The Morgan fingerprint density at radius 1 is 0.938 bits per heavy atom. The maximum Gasteiger partial charge on any atom is 0.262 e. The Bertz CT molecular complexity index is 1510. The van der Waals surface area contributed by atoms with Crippen LogP contribution < -0.4 is 10.3 Å². The summed E-state index contributed by atoms with van der Waals surface area (Å²) in [5, 5.41) is 18.9. The van der Waals surface area contributed by atoms with Crippen LogP contribution in [0.25, 0.3) is 16.7 Å². The Kier molecular flexibility index (Phi) is 5.32. The second-order valence-electron chi connectivity index (χ2n) is 7.10. The highest BCUT2D eigenvalue weighted by atomic mass is 35.5. The monoisotopic (exact) mass is 467 g/mol. The second kappa shape index (κ2) is 8.29. The fourth-order valence-electron chi connectivity index (χ4n) is 3.42. The van der Waals surface area contributed by atoms with Gasteiger partial charge in [0, 0.05) is 14.1 Å². The minimum Gasteiger partial charge on any atom is -0.484 e. The normalized spacial score (nSPS) is 11.5. The van der Waals surface area contributed by atoms with E-state index < -0.39 is 0 Å². The summed E-state index contributed by atoms with van der Waals surface area (Å²) in [6.07, 6.45) is 0. The number of benzene rings is 2. The molecule has 0 saturated carbocycles. The standard InChI is InChI=1S/C21H18ClN7O2S/c1-27-17(11-31-16-10-6-4-8-14(16)22)23-26-21(27)32-12-18-24-25-20-28(2)19(30)13-7-3-5-9-15(13)29(18)20/h3-10H,11-12H2,1-2H3. The topological polar surface area (TPSA) is 92.1 Å². The highest BCUT2D eigenvalue weighted by molar-refractivity contribution is 7.98.